The van der Waals surface area contributed by atoms with E-state index in [0.29, 0.717) is 29.7 Å². The Morgan fingerprint density at radius 1 is 1.27 bits per heavy atom. The predicted octanol–water partition coefficient (Wildman–Crippen LogP) is 2.82. The molecule has 0 radical (unpaired) electrons. The van der Waals surface area contributed by atoms with Crippen molar-refractivity contribution in [2.75, 3.05) is 13.1 Å². The van der Waals surface area contributed by atoms with E-state index in [1.165, 1.54) is 36.9 Å². The van der Waals surface area contributed by atoms with Crippen LogP contribution in [0.4, 0.5) is 0 Å². The Morgan fingerprint density at radius 2 is 2.12 bits per heavy atom. The molecule has 3 aliphatic carbocycles. The van der Waals surface area contributed by atoms with Crippen LogP contribution in [0.2, 0.25) is 0 Å². The first kappa shape index (κ1) is 16.5. The van der Waals surface area contributed by atoms with Gasteiger partial charge in [0.05, 0.1) is 0 Å². The monoisotopic (exact) mass is 352 g/mol. The molecule has 2 bridgehead atoms. The number of piperidine rings is 1. The van der Waals surface area contributed by atoms with Crippen LogP contribution in [-0.4, -0.2) is 35.7 Å². The summed E-state index contributed by atoms with van der Waals surface area (Å²) in [5.74, 6) is 1.45. The molecule has 0 spiro atoms. The molecule has 1 amide bonds. The number of carbonyl (C=O) groups is 2. The van der Waals surface area contributed by atoms with E-state index in [9.17, 15) is 9.59 Å². The fourth-order valence-corrected chi connectivity index (χ4v) is 6.29. The van der Waals surface area contributed by atoms with Crippen LogP contribution in [0.15, 0.2) is 18.2 Å². The molecule has 2 saturated carbocycles. The van der Waals surface area contributed by atoms with E-state index >= 15 is 0 Å². The highest BCUT2D eigenvalue weighted by molar-refractivity contribution is 5.93. The third kappa shape index (κ3) is 2.38. The number of amides is 1. The third-order valence-electron chi connectivity index (χ3n) is 7.81. The molecule has 4 aliphatic rings. The molecule has 4 nitrogen and oxygen atoms in total. The van der Waals surface area contributed by atoms with E-state index in [2.05, 4.69) is 11.0 Å². The minimum absolute atomic E-state index is 0.0604. The van der Waals surface area contributed by atoms with Gasteiger partial charge >= 0.3 is 0 Å². The molecular formula is C22H28N2O2. The minimum Gasteiger partial charge on any atom is -0.366 e. The lowest BCUT2D eigenvalue weighted by Gasteiger charge is -2.59. The summed E-state index contributed by atoms with van der Waals surface area (Å²) >= 11 is 0. The van der Waals surface area contributed by atoms with Gasteiger partial charge in [0.15, 0.2) is 0 Å². The van der Waals surface area contributed by atoms with E-state index < -0.39 is 0 Å². The molecule has 2 N–H and O–H groups in total. The second-order valence-electron chi connectivity index (χ2n) is 9.07. The summed E-state index contributed by atoms with van der Waals surface area (Å²) in [6.45, 7) is 2.32. The summed E-state index contributed by atoms with van der Waals surface area (Å²) in [5.41, 5.74) is 8.67. The van der Waals surface area contributed by atoms with E-state index in [1.54, 1.807) is 0 Å². The smallest absolute Gasteiger partial charge is 0.248 e. The second kappa shape index (κ2) is 5.91. The normalized spacial score (nSPS) is 33.9. The van der Waals surface area contributed by atoms with E-state index in [0.717, 1.165) is 38.1 Å². The van der Waals surface area contributed by atoms with Crippen LogP contribution < -0.4 is 5.73 Å². The number of carbonyl (C=O) groups excluding carboxylic acids is 2. The first-order valence-corrected chi connectivity index (χ1v) is 10.3. The Kier molecular flexibility index (Phi) is 3.75. The highest BCUT2D eigenvalue weighted by Crippen LogP contribution is 2.55. The molecule has 1 heterocycles. The van der Waals surface area contributed by atoms with Gasteiger partial charge in [-0.25, -0.2) is 0 Å². The first-order chi connectivity index (χ1) is 12.6. The Balaban J connectivity index is 1.56. The summed E-state index contributed by atoms with van der Waals surface area (Å²) in [6, 6.07) is 6.55. The standard InChI is InChI=1S/C22H28N2O2/c23-21(26)16-5-4-15-11-20-18-7-6-17(25)12-22(18,19(15)10-16)8-9-24(20)13-14-2-1-3-14/h4-5,10,14,18,20H,1-3,6-9,11-13H2,(H2,23,26)/t18-,20+,22?/m0/s1. The summed E-state index contributed by atoms with van der Waals surface area (Å²) < 4.78 is 0. The average molecular weight is 352 g/mol. The van der Waals surface area contributed by atoms with Crippen LogP contribution in [0.5, 0.6) is 0 Å². The fourth-order valence-electron chi connectivity index (χ4n) is 6.29. The number of nitrogens with two attached hydrogens (primary N) is 1. The number of nitrogens with zero attached hydrogens (tertiary/aromatic N) is 1. The maximum atomic E-state index is 12.5. The van der Waals surface area contributed by atoms with Crippen molar-refractivity contribution in [2.24, 2.45) is 17.6 Å². The number of primary amides is 1. The SMILES string of the molecule is NC(=O)c1ccc2c(c1)C13CCN(CC4CCC4)[C@H](C2)[C@@H]1CCC(=O)C3. The van der Waals surface area contributed by atoms with Crippen LogP contribution in [0.1, 0.15) is 66.4 Å². The molecule has 5 rings (SSSR count). The lowest BCUT2D eigenvalue weighted by atomic mass is 9.52. The highest BCUT2D eigenvalue weighted by atomic mass is 16.1. The highest BCUT2D eigenvalue weighted by Gasteiger charge is 2.55. The number of hydrogen-bond acceptors (Lipinski definition) is 3. The number of likely N-dealkylation sites (tertiary alicyclic amines) is 1. The molecule has 3 fully saturated rings. The summed E-state index contributed by atoms with van der Waals surface area (Å²) in [7, 11) is 0. The van der Waals surface area contributed by atoms with Crippen molar-refractivity contribution in [3.8, 4) is 0 Å². The van der Waals surface area contributed by atoms with Crippen LogP contribution in [0.3, 0.4) is 0 Å². The largest absolute Gasteiger partial charge is 0.366 e. The average Bonchev–Trinajstić information content (AvgIpc) is 2.58. The van der Waals surface area contributed by atoms with Crippen LogP contribution in [-0.2, 0) is 16.6 Å². The molecular weight excluding hydrogens is 324 g/mol. The zero-order valence-electron chi connectivity index (χ0n) is 15.4. The Hall–Kier alpha value is -1.68. The lowest BCUT2D eigenvalue weighted by Crippen LogP contribution is -2.62. The van der Waals surface area contributed by atoms with Gasteiger partial charge in [0.1, 0.15) is 5.78 Å². The number of Topliss-reactive ketones (excluding diaryl/α,β-unsaturated/α-hetero) is 1. The van der Waals surface area contributed by atoms with Crippen molar-refractivity contribution < 1.29 is 9.59 Å². The zero-order chi connectivity index (χ0) is 17.9. The number of ketones is 1. The molecule has 138 valence electrons. The van der Waals surface area contributed by atoms with Crippen LogP contribution >= 0.6 is 0 Å². The fraction of sp³-hybridized carbons (Fsp3) is 0.636. The Bertz CT molecular complexity index is 769. The van der Waals surface area contributed by atoms with Gasteiger partial charge in [-0.05, 0) is 73.7 Å². The van der Waals surface area contributed by atoms with Crippen molar-refractivity contribution in [3.63, 3.8) is 0 Å². The molecule has 1 aromatic rings. The van der Waals surface area contributed by atoms with E-state index in [1.807, 2.05) is 12.1 Å². The minimum atomic E-state index is -0.368. The van der Waals surface area contributed by atoms with Crippen molar-refractivity contribution in [1.82, 2.24) is 4.90 Å². The Labute approximate surface area is 155 Å². The van der Waals surface area contributed by atoms with Crippen molar-refractivity contribution in [1.29, 1.82) is 0 Å². The maximum Gasteiger partial charge on any atom is 0.248 e. The van der Waals surface area contributed by atoms with Gasteiger partial charge in [-0.2, -0.15) is 0 Å². The number of benzene rings is 1. The van der Waals surface area contributed by atoms with E-state index in [4.69, 9.17) is 5.73 Å². The molecule has 1 aromatic carbocycles. The van der Waals surface area contributed by atoms with Gasteiger partial charge in [-0.15, -0.1) is 0 Å². The first-order valence-electron chi connectivity index (χ1n) is 10.3. The Morgan fingerprint density at radius 3 is 2.85 bits per heavy atom. The molecule has 1 aliphatic heterocycles. The summed E-state index contributed by atoms with van der Waals surface area (Å²) in [4.78, 5) is 26.9. The summed E-state index contributed by atoms with van der Waals surface area (Å²) in [5, 5.41) is 0. The topological polar surface area (TPSA) is 63.4 Å². The third-order valence-corrected chi connectivity index (χ3v) is 7.81. The van der Waals surface area contributed by atoms with Gasteiger partial charge in [0, 0.05) is 36.4 Å². The van der Waals surface area contributed by atoms with Crippen molar-refractivity contribution in [3.05, 3.63) is 34.9 Å². The maximum absolute atomic E-state index is 12.5. The number of rotatable bonds is 3. The number of fused-ring (bicyclic) bond motifs is 1. The predicted molar refractivity (Wildman–Crippen MR) is 100 cm³/mol. The van der Waals surface area contributed by atoms with Crippen molar-refractivity contribution in [2.45, 2.75) is 62.8 Å². The molecule has 3 atom stereocenters. The van der Waals surface area contributed by atoms with Gasteiger partial charge in [0.25, 0.3) is 0 Å². The van der Waals surface area contributed by atoms with Crippen LogP contribution in [0.25, 0.3) is 0 Å². The molecule has 1 unspecified atom stereocenters. The van der Waals surface area contributed by atoms with Gasteiger partial charge in [-0.1, -0.05) is 12.5 Å². The van der Waals surface area contributed by atoms with Crippen molar-refractivity contribution >= 4 is 11.7 Å². The molecule has 1 saturated heterocycles. The number of hydrogen-bond donors (Lipinski definition) is 1. The lowest BCUT2D eigenvalue weighted by molar-refractivity contribution is -0.127. The van der Waals surface area contributed by atoms with Gasteiger partial charge < -0.3 is 5.73 Å². The van der Waals surface area contributed by atoms with Gasteiger partial charge in [-0.3, -0.25) is 14.5 Å². The second-order valence-corrected chi connectivity index (χ2v) is 9.07. The van der Waals surface area contributed by atoms with Crippen LogP contribution in [0, 0.1) is 11.8 Å². The summed E-state index contributed by atoms with van der Waals surface area (Å²) in [6.07, 6.45) is 8.65. The van der Waals surface area contributed by atoms with E-state index in [-0.39, 0.29) is 11.3 Å². The quantitative estimate of drug-likeness (QED) is 0.910. The molecule has 0 aromatic heterocycles. The zero-order valence-corrected chi connectivity index (χ0v) is 15.4. The molecule has 4 heteroatoms. The molecule has 26 heavy (non-hydrogen) atoms. The van der Waals surface area contributed by atoms with Gasteiger partial charge in [0.2, 0.25) is 5.91 Å².